The highest BCUT2D eigenvalue weighted by molar-refractivity contribution is 5.69. The maximum absolute atomic E-state index is 12.8. The van der Waals surface area contributed by atoms with Crippen LogP contribution in [-0.2, 0) is 44.5 Å². The summed E-state index contributed by atoms with van der Waals surface area (Å²) in [4.78, 5) is 27.6. The lowest BCUT2D eigenvalue weighted by atomic mass is 9.99. The Morgan fingerprint density at radius 3 is 2.11 bits per heavy atom. The van der Waals surface area contributed by atoms with Gasteiger partial charge in [-0.05, 0) is 39.0 Å². The summed E-state index contributed by atoms with van der Waals surface area (Å²) in [6, 6.07) is 0. The molecule has 13 heteroatoms. The molecule has 1 unspecified atom stereocenters. The predicted octanol–water partition coefficient (Wildman–Crippen LogP) is 6.60. The number of esters is 1. The number of hydrogen-bond donors (Lipinski definition) is 0. The third-order valence-electron chi connectivity index (χ3n) is 8.88. The van der Waals surface area contributed by atoms with Gasteiger partial charge in [0.1, 0.15) is 43.4 Å². The van der Waals surface area contributed by atoms with E-state index in [0.29, 0.717) is 0 Å². The summed E-state index contributed by atoms with van der Waals surface area (Å²) < 4.78 is 43.8. The van der Waals surface area contributed by atoms with Crippen LogP contribution in [0, 0.1) is 10.1 Å². The van der Waals surface area contributed by atoms with Crippen LogP contribution < -0.4 is 0 Å². The number of unbranched alkanes of at least 4 members (excludes halogenated alkanes) is 12. The maximum Gasteiger partial charge on any atom is 0.434 e. The van der Waals surface area contributed by atoms with Gasteiger partial charge in [-0.1, -0.05) is 89.0 Å². The van der Waals surface area contributed by atoms with Crippen LogP contribution in [0.4, 0.5) is 5.95 Å². The maximum atomic E-state index is 12.8. The Balaban J connectivity index is 1.21. The van der Waals surface area contributed by atoms with E-state index in [0.717, 1.165) is 19.3 Å². The molecule has 13 nitrogen and oxygen atoms in total. The van der Waals surface area contributed by atoms with Gasteiger partial charge in [0.25, 0.3) is 0 Å². The molecule has 0 amide bonds. The second-order valence-electron chi connectivity index (χ2n) is 14.0. The summed E-state index contributed by atoms with van der Waals surface area (Å²) >= 11 is 0. The summed E-state index contributed by atoms with van der Waals surface area (Å²) in [5.74, 6) is -2.35. The van der Waals surface area contributed by atoms with E-state index < -0.39 is 53.3 Å². The second-order valence-corrected chi connectivity index (χ2v) is 14.0. The molecule has 3 aliphatic heterocycles. The van der Waals surface area contributed by atoms with Crippen molar-refractivity contribution in [2.24, 2.45) is 0 Å². The minimum atomic E-state index is -0.839. The molecule has 0 spiro atoms. The first-order chi connectivity index (χ1) is 22.5. The smallest absolute Gasteiger partial charge is 0.434 e. The van der Waals surface area contributed by atoms with Gasteiger partial charge in [-0.3, -0.25) is 4.79 Å². The van der Waals surface area contributed by atoms with Gasteiger partial charge in [-0.2, -0.15) is 0 Å². The van der Waals surface area contributed by atoms with Gasteiger partial charge in [0.2, 0.25) is 0 Å². The van der Waals surface area contributed by atoms with E-state index in [1.54, 1.807) is 0 Å². The fourth-order valence-electron chi connectivity index (χ4n) is 6.63. The van der Waals surface area contributed by atoms with Crippen molar-refractivity contribution in [1.82, 2.24) is 9.55 Å². The van der Waals surface area contributed by atoms with Crippen molar-refractivity contribution in [3.8, 4) is 0 Å². The predicted molar refractivity (Wildman–Crippen MR) is 172 cm³/mol. The van der Waals surface area contributed by atoms with E-state index in [9.17, 15) is 14.9 Å². The molecule has 0 aromatic carbocycles. The van der Waals surface area contributed by atoms with Crippen LogP contribution in [0.5, 0.6) is 0 Å². The first kappa shape index (κ1) is 37.7. The molecule has 3 saturated heterocycles. The fraction of sp³-hybridized carbons (Fsp3) is 0.882. The minimum absolute atomic E-state index is 0.00186. The lowest BCUT2D eigenvalue weighted by Gasteiger charge is -2.37. The number of imidazole rings is 1. The molecule has 1 aromatic rings. The van der Waals surface area contributed by atoms with E-state index in [1.807, 2.05) is 27.7 Å². The number of nitro groups is 1. The van der Waals surface area contributed by atoms with Crippen LogP contribution in [0.3, 0.4) is 0 Å². The van der Waals surface area contributed by atoms with Crippen molar-refractivity contribution >= 4 is 11.9 Å². The highest BCUT2D eigenvalue weighted by Crippen LogP contribution is 2.44. The normalized spacial score (nSPS) is 26.5. The molecule has 6 atom stereocenters. The molecule has 3 fully saturated rings. The highest BCUT2D eigenvalue weighted by atomic mass is 16.9. The SMILES string of the molecule is CCCCCCCCCCCCCCCC(=O)OC(COC[C@H]1O[C@@H]2OC(C)(C)O[C@@H]2[C@H]2OC(C)(C)O[C@H]21)Cn1ccnc1[N+](=O)[O-]. The van der Waals surface area contributed by atoms with Crippen molar-refractivity contribution in [3.05, 3.63) is 22.5 Å². The van der Waals surface area contributed by atoms with E-state index in [2.05, 4.69) is 11.9 Å². The van der Waals surface area contributed by atoms with Crippen molar-refractivity contribution in [2.45, 2.75) is 179 Å². The molecule has 0 N–H and O–H groups in total. The highest BCUT2D eigenvalue weighted by Gasteiger charge is 2.60. The number of fused-ring (bicyclic) bond motifs is 3. The molecular formula is C34H57N3O10. The zero-order valence-corrected chi connectivity index (χ0v) is 29.1. The van der Waals surface area contributed by atoms with E-state index in [1.165, 1.54) is 81.2 Å². The van der Waals surface area contributed by atoms with Crippen molar-refractivity contribution < 1.29 is 42.9 Å². The van der Waals surface area contributed by atoms with Crippen LogP contribution in [0.1, 0.15) is 125 Å². The number of hydrogen-bond acceptors (Lipinski definition) is 11. The summed E-state index contributed by atoms with van der Waals surface area (Å²) in [7, 11) is 0. The molecule has 4 rings (SSSR count). The van der Waals surface area contributed by atoms with E-state index in [-0.39, 0.29) is 38.1 Å². The van der Waals surface area contributed by atoms with Gasteiger partial charge >= 0.3 is 11.9 Å². The largest absolute Gasteiger partial charge is 0.456 e. The molecule has 4 heterocycles. The monoisotopic (exact) mass is 667 g/mol. The van der Waals surface area contributed by atoms with Crippen molar-refractivity contribution in [2.75, 3.05) is 13.2 Å². The summed E-state index contributed by atoms with van der Waals surface area (Å²) in [5, 5.41) is 11.5. The van der Waals surface area contributed by atoms with E-state index in [4.69, 9.17) is 33.2 Å². The number of carbonyl (C=O) groups is 1. The van der Waals surface area contributed by atoms with Crippen molar-refractivity contribution in [1.29, 1.82) is 0 Å². The summed E-state index contributed by atoms with van der Waals surface area (Å²) in [6.07, 6.45) is 15.7. The molecule has 0 bridgehead atoms. The van der Waals surface area contributed by atoms with Gasteiger partial charge in [0.05, 0.1) is 13.2 Å². The number of carbonyl (C=O) groups excluding carboxylic acids is 1. The number of aromatic nitrogens is 2. The van der Waals surface area contributed by atoms with Gasteiger partial charge in [0.15, 0.2) is 24.0 Å². The number of ether oxygens (including phenoxy) is 7. The number of nitrogens with zero attached hydrogens (tertiary/aromatic N) is 3. The zero-order valence-electron chi connectivity index (χ0n) is 29.1. The standard InChI is InChI=1S/C34H57N3O10/c1-6-7-8-9-10-11-12-13-14-15-16-17-18-19-27(38)42-25(22-36-21-20-35-32(36)37(39)40)23-41-24-26-28-29(45-33(2,3)44-28)30-31(43-26)47-34(4,5)46-30/h20-21,25-26,28-31H,6-19,22-24H2,1-5H3/t25?,26-,28+,29+,30-,31-/m1/s1. The Morgan fingerprint density at radius 2 is 1.47 bits per heavy atom. The lowest BCUT2D eigenvalue weighted by Crippen LogP contribution is -2.56. The quantitative estimate of drug-likeness (QED) is 0.0571. The zero-order chi connectivity index (χ0) is 33.9. The Morgan fingerprint density at radius 1 is 0.894 bits per heavy atom. The number of rotatable bonds is 22. The Kier molecular flexibility index (Phi) is 14.4. The van der Waals surface area contributed by atoms with Crippen molar-refractivity contribution in [3.63, 3.8) is 0 Å². The average Bonchev–Trinajstić information content (AvgIpc) is 3.69. The molecule has 47 heavy (non-hydrogen) atoms. The topological polar surface area (TPSA) is 143 Å². The molecule has 0 aliphatic carbocycles. The molecule has 1 aromatic heterocycles. The fourth-order valence-corrected chi connectivity index (χ4v) is 6.63. The Bertz CT molecular complexity index is 1110. The van der Waals surface area contributed by atoms with Crippen LogP contribution >= 0.6 is 0 Å². The third-order valence-corrected chi connectivity index (χ3v) is 8.88. The van der Waals surface area contributed by atoms with Gasteiger partial charge in [-0.15, -0.1) is 0 Å². The Labute approximate surface area is 279 Å². The minimum Gasteiger partial charge on any atom is -0.456 e. The van der Waals surface area contributed by atoms with Crippen LogP contribution in [0.15, 0.2) is 12.4 Å². The molecule has 0 saturated carbocycles. The second kappa shape index (κ2) is 18.0. The molecule has 3 aliphatic rings. The lowest BCUT2D eigenvalue weighted by molar-refractivity contribution is -0.397. The van der Waals surface area contributed by atoms with E-state index >= 15 is 0 Å². The third kappa shape index (κ3) is 11.7. The Hall–Kier alpha value is -2.16. The first-order valence-electron chi connectivity index (χ1n) is 17.8. The summed E-state index contributed by atoms with van der Waals surface area (Å²) in [6.45, 7) is 9.70. The van der Waals surface area contributed by atoms with Crippen LogP contribution in [-0.4, -0.2) is 82.0 Å². The van der Waals surface area contributed by atoms with Gasteiger partial charge in [0, 0.05) is 6.42 Å². The average molecular weight is 668 g/mol. The van der Waals surface area contributed by atoms with Crippen LogP contribution in [0.25, 0.3) is 0 Å². The van der Waals surface area contributed by atoms with Crippen LogP contribution in [0.2, 0.25) is 0 Å². The van der Waals surface area contributed by atoms with Gasteiger partial charge in [-0.25, -0.2) is 4.57 Å². The molecular weight excluding hydrogens is 610 g/mol. The molecule has 268 valence electrons. The summed E-state index contributed by atoms with van der Waals surface area (Å²) in [5.41, 5.74) is 0. The molecule has 0 radical (unpaired) electrons. The first-order valence-corrected chi connectivity index (χ1v) is 17.8. The van der Waals surface area contributed by atoms with Gasteiger partial charge < -0.3 is 43.3 Å².